The van der Waals surface area contributed by atoms with Gasteiger partial charge in [-0.25, -0.2) is 14.8 Å². The van der Waals surface area contributed by atoms with Gasteiger partial charge in [0.15, 0.2) is 0 Å². The van der Waals surface area contributed by atoms with Crippen molar-refractivity contribution in [1.29, 1.82) is 0 Å². The first-order valence-electron chi connectivity index (χ1n) is 8.83. The van der Waals surface area contributed by atoms with Crippen LogP contribution in [0.3, 0.4) is 0 Å². The maximum absolute atomic E-state index is 12.3. The van der Waals surface area contributed by atoms with Crippen molar-refractivity contribution in [1.82, 2.24) is 9.97 Å². The van der Waals surface area contributed by atoms with Crippen LogP contribution < -0.4 is 10.6 Å². The zero-order chi connectivity index (χ0) is 18.4. The second-order valence-electron chi connectivity index (χ2n) is 6.16. The molecule has 2 aromatic rings. The predicted octanol–water partition coefficient (Wildman–Crippen LogP) is 3.26. The number of aromatic nitrogens is 2. The zero-order valence-electron chi connectivity index (χ0n) is 14.7. The number of carbonyl (C=O) groups excluding carboxylic acids is 2. The van der Waals surface area contributed by atoms with Crippen LogP contribution in [0.15, 0.2) is 36.7 Å². The summed E-state index contributed by atoms with van der Waals surface area (Å²) in [6.45, 7) is 2.07. The van der Waals surface area contributed by atoms with Gasteiger partial charge < -0.3 is 15.4 Å². The third kappa shape index (κ3) is 4.56. The topological polar surface area (TPSA) is 93.2 Å². The molecule has 0 saturated heterocycles. The van der Waals surface area contributed by atoms with E-state index in [9.17, 15) is 9.59 Å². The molecule has 136 valence electrons. The molecule has 1 fully saturated rings. The third-order valence-electron chi connectivity index (χ3n) is 4.25. The average Bonchev–Trinajstić information content (AvgIpc) is 3.16. The van der Waals surface area contributed by atoms with Crippen LogP contribution in [0.1, 0.15) is 53.5 Å². The molecule has 1 amide bonds. The SMILES string of the molecule is CCOC(=O)c1ccc(NC(=O)c2cnc(NC3CCCC3)cn2)cc1. The van der Waals surface area contributed by atoms with Gasteiger partial charge in [0.1, 0.15) is 11.5 Å². The van der Waals surface area contributed by atoms with Crippen molar-refractivity contribution in [3.05, 3.63) is 47.9 Å². The quantitative estimate of drug-likeness (QED) is 0.774. The number of amides is 1. The lowest BCUT2D eigenvalue weighted by Crippen LogP contribution is -2.17. The lowest BCUT2D eigenvalue weighted by molar-refractivity contribution is 0.0526. The summed E-state index contributed by atoms with van der Waals surface area (Å²) in [4.78, 5) is 32.3. The second kappa shape index (κ2) is 8.42. The van der Waals surface area contributed by atoms with E-state index in [1.165, 1.54) is 19.0 Å². The lowest BCUT2D eigenvalue weighted by atomic mass is 10.2. The molecule has 7 heteroatoms. The summed E-state index contributed by atoms with van der Waals surface area (Å²) in [5.74, 6) is -0.0531. The number of nitrogens with one attached hydrogen (secondary N) is 2. The van der Waals surface area contributed by atoms with Gasteiger partial charge in [-0.15, -0.1) is 0 Å². The molecule has 0 bridgehead atoms. The van der Waals surface area contributed by atoms with E-state index < -0.39 is 0 Å². The molecule has 7 nitrogen and oxygen atoms in total. The van der Waals surface area contributed by atoms with Crippen LogP contribution in [0, 0.1) is 0 Å². The number of hydrogen-bond acceptors (Lipinski definition) is 6. The van der Waals surface area contributed by atoms with E-state index in [-0.39, 0.29) is 17.6 Å². The van der Waals surface area contributed by atoms with Gasteiger partial charge >= 0.3 is 5.97 Å². The van der Waals surface area contributed by atoms with Crippen LogP contribution in [0.4, 0.5) is 11.5 Å². The Morgan fingerprint density at radius 1 is 1.12 bits per heavy atom. The van der Waals surface area contributed by atoms with Gasteiger partial charge in [-0.05, 0) is 44.0 Å². The van der Waals surface area contributed by atoms with Crippen LogP contribution in [-0.2, 0) is 4.74 Å². The van der Waals surface area contributed by atoms with E-state index in [0.29, 0.717) is 29.7 Å². The van der Waals surface area contributed by atoms with Crippen molar-refractivity contribution in [2.75, 3.05) is 17.2 Å². The number of rotatable bonds is 6. The summed E-state index contributed by atoms with van der Waals surface area (Å²) in [7, 11) is 0. The Hall–Kier alpha value is -2.96. The molecule has 1 saturated carbocycles. The van der Waals surface area contributed by atoms with E-state index >= 15 is 0 Å². The molecule has 0 unspecified atom stereocenters. The first-order chi connectivity index (χ1) is 12.7. The number of esters is 1. The van der Waals surface area contributed by atoms with Crippen molar-refractivity contribution in [2.45, 2.75) is 38.6 Å². The molecule has 26 heavy (non-hydrogen) atoms. The van der Waals surface area contributed by atoms with Gasteiger partial charge in [-0.3, -0.25) is 4.79 Å². The summed E-state index contributed by atoms with van der Waals surface area (Å²) in [6.07, 6.45) is 7.80. The smallest absolute Gasteiger partial charge is 0.338 e. The minimum Gasteiger partial charge on any atom is -0.462 e. The minimum atomic E-state index is -0.387. The van der Waals surface area contributed by atoms with E-state index in [1.54, 1.807) is 37.4 Å². The Morgan fingerprint density at radius 2 is 1.85 bits per heavy atom. The van der Waals surface area contributed by atoms with Gasteiger partial charge in [-0.1, -0.05) is 12.8 Å². The maximum atomic E-state index is 12.3. The number of benzene rings is 1. The molecule has 0 spiro atoms. The number of anilines is 2. The van der Waals surface area contributed by atoms with Gasteiger partial charge in [0.25, 0.3) is 5.91 Å². The highest BCUT2D eigenvalue weighted by atomic mass is 16.5. The summed E-state index contributed by atoms with van der Waals surface area (Å²) >= 11 is 0. The molecule has 1 aromatic heterocycles. The van der Waals surface area contributed by atoms with E-state index in [4.69, 9.17) is 4.74 Å². The standard InChI is InChI=1S/C19H22N4O3/c1-2-26-19(25)13-7-9-15(10-8-13)23-18(24)16-11-21-17(12-20-16)22-14-5-3-4-6-14/h7-12,14H,2-6H2,1H3,(H,21,22)(H,23,24). The van der Waals surface area contributed by atoms with Crippen molar-refractivity contribution < 1.29 is 14.3 Å². The number of nitrogens with zero attached hydrogens (tertiary/aromatic N) is 2. The number of carbonyl (C=O) groups is 2. The Bertz CT molecular complexity index is 753. The summed E-state index contributed by atoms with van der Waals surface area (Å²) < 4.78 is 4.93. The Labute approximate surface area is 152 Å². The fraction of sp³-hybridized carbons (Fsp3) is 0.368. The van der Waals surface area contributed by atoms with Crippen LogP contribution in [0.5, 0.6) is 0 Å². The highest BCUT2D eigenvalue weighted by Gasteiger charge is 2.16. The summed E-state index contributed by atoms with van der Waals surface area (Å²) in [5.41, 5.74) is 1.24. The number of ether oxygens (including phenoxy) is 1. The van der Waals surface area contributed by atoms with Gasteiger partial charge in [0.2, 0.25) is 0 Å². The molecule has 2 N–H and O–H groups in total. The van der Waals surface area contributed by atoms with Crippen LogP contribution >= 0.6 is 0 Å². The fourth-order valence-electron chi connectivity index (χ4n) is 2.90. The van der Waals surface area contributed by atoms with Crippen LogP contribution in [-0.4, -0.2) is 34.5 Å². The minimum absolute atomic E-state index is 0.233. The van der Waals surface area contributed by atoms with Crippen molar-refractivity contribution in [2.24, 2.45) is 0 Å². The largest absolute Gasteiger partial charge is 0.462 e. The summed E-state index contributed by atoms with van der Waals surface area (Å²) in [5, 5.41) is 6.07. The molecule has 0 atom stereocenters. The van der Waals surface area contributed by atoms with Crippen molar-refractivity contribution in [3.8, 4) is 0 Å². The van der Waals surface area contributed by atoms with Gasteiger partial charge in [-0.2, -0.15) is 0 Å². The molecular formula is C19H22N4O3. The van der Waals surface area contributed by atoms with Gasteiger partial charge in [0, 0.05) is 11.7 Å². The Morgan fingerprint density at radius 3 is 2.46 bits per heavy atom. The number of hydrogen-bond donors (Lipinski definition) is 2. The zero-order valence-corrected chi connectivity index (χ0v) is 14.7. The lowest BCUT2D eigenvalue weighted by Gasteiger charge is -2.12. The van der Waals surface area contributed by atoms with E-state index in [1.807, 2.05) is 0 Å². The van der Waals surface area contributed by atoms with Crippen LogP contribution in [0.2, 0.25) is 0 Å². The molecule has 1 aromatic carbocycles. The average molecular weight is 354 g/mol. The molecule has 1 aliphatic carbocycles. The van der Waals surface area contributed by atoms with Crippen molar-refractivity contribution >= 4 is 23.4 Å². The maximum Gasteiger partial charge on any atom is 0.338 e. The molecule has 1 aliphatic rings. The second-order valence-corrected chi connectivity index (χ2v) is 6.16. The first-order valence-corrected chi connectivity index (χ1v) is 8.83. The predicted molar refractivity (Wildman–Crippen MR) is 98.3 cm³/mol. The molecule has 0 radical (unpaired) electrons. The Balaban J connectivity index is 1.58. The third-order valence-corrected chi connectivity index (χ3v) is 4.25. The molecule has 1 heterocycles. The summed E-state index contributed by atoms with van der Waals surface area (Å²) in [6, 6.07) is 6.95. The van der Waals surface area contributed by atoms with Crippen LogP contribution in [0.25, 0.3) is 0 Å². The fourth-order valence-corrected chi connectivity index (χ4v) is 2.90. The molecular weight excluding hydrogens is 332 g/mol. The normalized spacial score (nSPS) is 14.0. The molecule has 3 rings (SSSR count). The highest BCUT2D eigenvalue weighted by Crippen LogP contribution is 2.21. The first kappa shape index (κ1) is 17.8. The highest BCUT2D eigenvalue weighted by molar-refractivity contribution is 6.03. The van der Waals surface area contributed by atoms with Crippen molar-refractivity contribution in [3.63, 3.8) is 0 Å². The van der Waals surface area contributed by atoms with E-state index in [0.717, 1.165) is 12.8 Å². The van der Waals surface area contributed by atoms with E-state index in [2.05, 4.69) is 20.6 Å². The monoisotopic (exact) mass is 354 g/mol. The Kier molecular flexibility index (Phi) is 5.78. The van der Waals surface area contributed by atoms with Gasteiger partial charge in [0.05, 0.1) is 24.6 Å². The molecule has 0 aliphatic heterocycles.